The minimum Gasteiger partial charge on any atom is -0.328 e. The predicted molar refractivity (Wildman–Crippen MR) is 76.4 cm³/mol. The van der Waals surface area contributed by atoms with Gasteiger partial charge in [0.2, 0.25) is 0 Å². The highest BCUT2D eigenvalue weighted by Gasteiger charge is 2.13. The number of aromatic amines is 1. The quantitative estimate of drug-likeness (QED) is 0.881. The second kappa shape index (κ2) is 6.23. The van der Waals surface area contributed by atoms with Gasteiger partial charge in [-0.3, -0.25) is 4.57 Å². The summed E-state index contributed by atoms with van der Waals surface area (Å²) in [6, 6.07) is 4.50. The lowest BCUT2D eigenvalue weighted by atomic mass is 10.1. The summed E-state index contributed by atoms with van der Waals surface area (Å²) in [7, 11) is 0. The molecule has 1 heterocycles. The third-order valence-electron chi connectivity index (χ3n) is 2.81. The molecule has 108 valence electrons. The van der Waals surface area contributed by atoms with Crippen LogP contribution in [0, 0.1) is 5.82 Å². The SMILES string of the molecule is CCn1c(Sc2ccc(F)cc2CC(C)N)n[nH]c1=O. The fourth-order valence-corrected chi connectivity index (χ4v) is 2.93. The number of H-pyrrole nitrogens is 1. The zero-order chi connectivity index (χ0) is 14.7. The van der Waals surface area contributed by atoms with Gasteiger partial charge in [0, 0.05) is 17.5 Å². The monoisotopic (exact) mass is 296 g/mol. The molecule has 2 rings (SSSR count). The number of hydrogen-bond donors (Lipinski definition) is 2. The highest BCUT2D eigenvalue weighted by Crippen LogP contribution is 2.29. The van der Waals surface area contributed by atoms with E-state index in [0.717, 1.165) is 10.5 Å². The number of rotatable bonds is 5. The van der Waals surface area contributed by atoms with Gasteiger partial charge in [0.15, 0.2) is 5.16 Å². The number of halogens is 1. The molecule has 3 N–H and O–H groups in total. The maximum Gasteiger partial charge on any atom is 0.343 e. The lowest BCUT2D eigenvalue weighted by molar-refractivity contribution is 0.619. The topological polar surface area (TPSA) is 76.7 Å². The van der Waals surface area contributed by atoms with Gasteiger partial charge in [-0.15, -0.1) is 5.10 Å². The maximum absolute atomic E-state index is 13.4. The normalized spacial score (nSPS) is 12.6. The Labute approximate surface area is 120 Å². The summed E-state index contributed by atoms with van der Waals surface area (Å²) < 4.78 is 14.9. The van der Waals surface area contributed by atoms with Crippen LogP contribution in [0.4, 0.5) is 4.39 Å². The van der Waals surface area contributed by atoms with Gasteiger partial charge in [-0.1, -0.05) is 0 Å². The van der Waals surface area contributed by atoms with Crippen LogP contribution in [0.25, 0.3) is 0 Å². The average Bonchev–Trinajstić information content (AvgIpc) is 2.72. The molecule has 20 heavy (non-hydrogen) atoms. The van der Waals surface area contributed by atoms with Crippen LogP contribution in [0.5, 0.6) is 0 Å². The van der Waals surface area contributed by atoms with Crippen LogP contribution in [0.3, 0.4) is 0 Å². The number of benzene rings is 1. The largest absolute Gasteiger partial charge is 0.343 e. The first kappa shape index (κ1) is 14.8. The molecule has 1 atom stereocenters. The zero-order valence-corrected chi connectivity index (χ0v) is 12.2. The molecule has 0 bridgehead atoms. The fourth-order valence-electron chi connectivity index (χ4n) is 1.91. The van der Waals surface area contributed by atoms with E-state index < -0.39 is 0 Å². The van der Waals surface area contributed by atoms with E-state index >= 15 is 0 Å². The summed E-state index contributed by atoms with van der Waals surface area (Å²) in [5.74, 6) is -0.292. The highest BCUT2D eigenvalue weighted by atomic mass is 32.2. The molecule has 0 saturated heterocycles. The van der Waals surface area contributed by atoms with E-state index in [-0.39, 0.29) is 17.5 Å². The zero-order valence-electron chi connectivity index (χ0n) is 11.4. The molecule has 1 unspecified atom stereocenters. The Balaban J connectivity index is 2.35. The van der Waals surface area contributed by atoms with Crippen molar-refractivity contribution in [1.29, 1.82) is 0 Å². The number of hydrogen-bond acceptors (Lipinski definition) is 4. The van der Waals surface area contributed by atoms with Crippen molar-refractivity contribution in [2.24, 2.45) is 5.73 Å². The van der Waals surface area contributed by atoms with E-state index in [9.17, 15) is 9.18 Å². The van der Waals surface area contributed by atoms with Crippen molar-refractivity contribution in [1.82, 2.24) is 14.8 Å². The van der Waals surface area contributed by atoms with Crippen molar-refractivity contribution in [2.45, 2.75) is 42.9 Å². The van der Waals surface area contributed by atoms with Gasteiger partial charge >= 0.3 is 5.69 Å². The van der Waals surface area contributed by atoms with Gasteiger partial charge in [0.25, 0.3) is 0 Å². The molecule has 0 aliphatic heterocycles. The molecule has 0 amide bonds. The van der Waals surface area contributed by atoms with Crippen molar-refractivity contribution in [2.75, 3.05) is 0 Å². The Morgan fingerprint density at radius 2 is 2.30 bits per heavy atom. The van der Waals surface area contributed by atoms with Gasteiger partial charge < -0.3 is 5.73 Å². The lowest BCUT2D eigenvalue weighted by Crippen LogP contribution is -2.18. The average molecular weight is 296 g/mol. The van der Waals surface area contributed by atoms with Crippen LogP contribution in [0.1, 0.15) is 19.4 Å². The summed E-state index contributed by atoms with van der Waals surface area (Å²) in [6.45, 7) is 4.27. The summed E-state index contributed by atoms with van der Waals surface area (Å²) in [5, 5.41) is 6.97. The number of nitrogens with zero attached hydrogens (tertiary/aromatic N) is 2. The minimum absolute atomic E-state index is 0.0660. The summed E-state index contributed by atoms with van der Waals surface area (Å²) in [5.41, 5.74) is 6.37. The van der Waals surface area contributed by atoms with Crippen LogP contribution in [-0.4, -0.2) is 20.8 Å². The number of nitrogens with one attached hydrogen (secondary N) is 1. The van der Waals surface area contributed by atoms with Crippen molar-refractivity contribution < 1.29 is 4.39 Å². The minimum atomic E-state index is -0.292. The van der Waals surface area contributed by atoms with Crippen LogP contribution in [-0.2, 0) is 13.0 Å². The summed E-state index contributed by atoms with van der Waals surface area (Å²) in [6.07, 6.45) is 0.570. The van der Waals surface area contributed by atoms with Crippen molar-refractivity contribution >= 4 is 11.8 Å². The molecule has 0 saturated carbocycles. The second-order valence-corrected chi connectivity index (χ2v) is 5.60. The summed E-state index contributed by atoms with van der Waals surface area (Å²) in [4.78, 5) is 12.4. The molecular formula is C13H17FN4OS. The highest BCUT2D eigenvalue weighted by molar-refractivity contribution is 7.99. The lowest BCUT2D eigenvalue weighted by Gasteiger charge is -2.11. The third kappa shape index (κ3) is 3.29. The van der Waals surface area contributed by atoms with E-state index in [1.54, 1.807) is 6.07 Å². The van der Waals surface area contributed by atoms with E-state index in [0.29, 0.717) is 18.1 Å². The predicted octanol–water partition coefficient (Wildman–Crippen LogP) is 1.77. The molecular weight excluding hydrogens is 279 g/mol. The van der Waals surface area contributed by atoms with Crippen molar-refractivity contribution in [3.05, 3.63) is 40.1 Å². The van der Waals surface area contributed by atoms with E-state index in [2.05, 4.69) is 10.2 Å². The molecule has 7 heteroatoms. The number of nitrogens with two attached hydrogens (primary N) is 1. The first-order chi connectivity index (χ1) is 9.51. The molecule has 0 aliphatic carbocycles. The number of aromatic nitrogens is 3. The molecule has 0 radical (unpaired) electrons. The Morgan fingerprint density at radius 1 is 1.55 bits per heavy atom. The van der Waals surface area contributed by atoms with Crippen LogP contribution in [0.2, 0.25) is 0 Å². The fraction of sp³-hybridized carbons (Fsp3) is 0.385. The van der Waals surface area contributed by atoms with Crippen LogP contribution in [0.15, 0.2) is 33.0 Å². The van der Waals surface area contributed by atoms with Gasteiger partial charge in [-0.25, -0.2) is 14.3 Å². The van der Waals surface area contributed by atoms with E-state index in [4.69, 9.17) is 5.73 Å². The Hall–Kier alpha value is -1.60. The molecule has 1 aromatic carbocycles. The standard InChI is InChI=1S/C13H17FN4OS/c1-3-18-12(19)16-17-13(18)20-11-5-4-10(14)7-9(11)6-8(2)15/h4-5,7-8H,3,6,15H2,1-2H3,(H,16,19). The van der Waals surface area contributed by atoms with Gasteiger partial charge in [0.1, 0.15) is 5.82 Å². The molecule has 0 spiro atoms. The Morgan fingerprint density at radius 3 is 2.95 bits per heavy atom. The third-order valence-corrected chi connectivity index (χ3v) is 3.92. The van der Waals surface area contributed by atoms with Crippen molar-refractivity contribution in [3.8, 4) is 0 Å². The van der Waals surface area contributed by atoms with Crippen LogP contribution < -0.4 is 11.4 Å². The van der Waals surface area contributed by atoms with Gasteiger partial charge in [0.05, 0.1) is 0 Å². The molecule has 0 aliphatic rings. The molecule has 1 aromatic heterocycles. The van der Waals surface area contributed by atoms with E-state index in [1.807, 2.05) is 13.8 Å². The molecule has 5 nitrogen and oxygen atoms in total. The Bertz CT molecular complexity index is 650. The molecule has 0 fully saturated rings. The van der Waals surface area contributed by atoms with Crippen LogP contribution >= 0.6 is 11.8 Å². The second-order valence-electron chi connectivity index (χ2n) is 4.59. The maximum atomic E-state index is 13.4. The Kier molecular flexibility index (Phi) is 4.61. The van der Waals surface area contributed by atoms with Crippen molar-refractivity contribution in [3.63, 3.8) is 0 Å². The van der Waals surface area contributed by atoms with E-state index in [1.165, 1.54) is 28.5 Å². The smallest absolute Gasteiger partial charge is 0.328 e. The first-order valence-corrected chi connectivity index (χ1v) is 7.20. The van der Waals surface area contributed by atoms with Gasteiger partial charge in [-0.05, 0) is 55.8 Å². The molecule has 2 aromatic rings. The van der Waals surface area contributed by atoms with Gasteiger partial charge in [-0.2, -0.15) is 0 Å². The summed E-state index contributed by atoms with van der Waals surface area (Å²) >= 11 is 1.34. The first-order valence-electron chi connectivity index (χ1n) is 6.38.